The zero-order chi connectivity index (χ0) is 24.5. The van der Waals surface area contributed by atoms with Crippen LogP contribution in [0.15, 0.2) is 76.5 Å². The standard InChI is InChI=1S/C24H20N2O7S/c1-32-17-10-8-16(9-11-17)25-22(27)14-26-19-13-15(24(29)33-2)7-12-21(19)34(30,31)20-6-4-3-5-18(20)23(26)28/h3-13H,14H2,1-2H3,(H,25,27). The maximum Gasteiger partial charge on any atom is 0.337 e. The number of carbonyl (C=O) groups excluding carboxylic acids is 3. The number of anilines is 2. The van der Waals surface area contributed by atoms with Crippen molar-refractivity contribution in [2.24, 2.45) is 0 Å². The van der Waals surface area contributed by atoms with Crippen LogP contribution >= 0.6 is 0 Å². The number of hydrogen-bond acceptors (Lipinski definition) is 7. The maximum atomic E-state index is 13.5. The predicted octanol–water partition coefficient (Wildman–Crippen LogP) is 2.91. The van der Waals surface area contributed by atoms with Gasteiger partial charge in [0.05, 0.1) is 40.8 Å². The van der Waals surface area contributed by atoms with Crippen molar-refractivity contribution in [3.05, 3.63) is 77.9 Å². The average molecular weight is 480 g/mol. The summed E-state index contributed by atoms with van der Waals surface area (Å²) in [4.78, 5) is 39.1. The fourth-order valence-corrected chi connectivity index (χ4v) is 5.26. The van der Waals surface area contributed by atoms with Gasteiger partial charge in [0.1, 0.15) is 12.3 Å². The summed E-state index contributed by atoms with van der Waals surface area (Å²) in [5, 5.41) is 2.68. The first kappa shape index (κ1) is 23.0. The highest BCUT2D eigenvalue weighted by Gasteiger charge is 2.36. The molecule has 174 valence electrons. The van der Waals surface area contributed by atoms with Gasteiger partial charge in [-0.2, -0.15) is 0 Å². The van der Waals surface area contributed by atoms with E-state index in [4.69, 9.17) is 9.47 Å². The summed E-state index contributed by atoms with van der Waals surface area (Å²) in [5.74, 6) is -1.36. The fraction of sp³-hybridized carbons (Fsp3) is 0.125. The summed E-state index contributed by atoms with van der Waals surface area (Å²) in [6.07, 6.45) is 0. The van der Waals surface area contributed by atoms with E-state index in [0.717, 1.165) is 4.90 Å². The van der Waals surface area contributed by atoms with Crippen molar-refractivity contribution in [3.8, 4) is 5.75 Å². The van der Waals surface area contributed by atoms with Crippen LogP contribution in [0.25, 0.3) is 0 Å². The van der Waals surface area contributed by atoms with Crippen molar-refractivity contribution < 1.29 is 32.3 Å². The molecule has 0 saturated carbocycles. The second kappa shape index (κ2) is 8.99. The number of hydrogen-bond donors (Lipinski definition) is 1. The quantitative estimate of drug-likeness (QED) is 0.558. The van der Waals surface area contributed by atoms with Gasteiger partial charge in [-0.1, -0.05) is 12.1 Å². The lowest BCUT2D eigenvalue weighted by Crippen LogP contribution is -2.38. The number of methoxy groups -OCH3 is 2. The molecule has 1 heterocycles. The highest BCUT2D eigenvalue weighted by molar-refractivity contribution is 7.91. The van der Waals surface area contributed by atoms with Crippen LogP contribution in [0.5, 0.6) is 5.75 Å². The molecule has 2 amide bonds. The summed E-state index contributed by atoms with van der Waals surface area (Å²) >= 11 is 0. The summed E-state index contributed by atoms with van der Waals surface area (Å²) in [6.45, 7) is -0.494. The molecule has 9 nitrogen and oxygen atoms in total. The minimum atomic E-state index is -4.12. The third kappa shape index (κ3) is 4.11. The number of esters is 1. The molecule has 0 aromatic heterocycles. The SMILES string of the molecule is COC(=O)c1ccc2c(c1)N(CC(=O)Nc1ccc(OC)cc1)C(=O)c1ccccc1S2(=O)=O. The molecule has 0 atom stereocenters. The van der Waals surface area contributed by atoms with Crippen molar-refractivity contribution in [2.75, 3.05) is 31.0 Å². The van der Waals surface area contributed by atoms with Gasteiger partial charge in [-0.05, 0) is 54.6 Å². The van der Waals surface area contributed by atoms with Gasteiger partial charge in [0.15, 0.2) is 0 Å². The van der Waals surface area contributed by atoms with Gasteiger partial charge in [-0.15, -0.1) is 0 Å². The number of nitrogens with one attached hydrogen (secondary N) is 1. The van der Waals surface area contributed by atoms with E-state index in [1.807, 2.05) is 0 Å². The molecule has 0 aliphatic carbocycles. The highest BCUT2D eigenvalue weighted by Crippen LogP contribution is 2.37. The van der Waals surface area contributed by atoms with Crippen LogP contribution in [-0.4, -0.2) is 47.0 Å². The Bertz CT molecular complexity index is 1400. The lowest BCUT2D eigenvalue weighted by molar-refractivity contribution is -0.114. The zero-order valence-corrected chi connectivity index (χ0v) is 19.1. The summed E-state index contributed by atoms with van der Waals surface area (Å²) < 4.78 is 36.6. The van der Waals surface area contributed by atoms with E-state index in [2.05, 4.69) is 5.32 Å². The van der Waals surface area contributed by atoms with Crippen LogP contribution in [0.4, 0.5) is 11.4 Å². The van der Waals surface area contributed by atoms with Crippen LogP contribution in [0, 0.1) is 0 Å². The van der Waals surface area contributed by atoms with Gasteiger partial charge >= 0.3 is 5.97 Å². The van der Waals surface area contributed by atoms with Gasteiger partial charge < -0.3 is 14.8 Å². The van der Waals surface area contributed by atoms with Crippen LogP contribution in [0.3, 0.4) is 0 Å². The van der Waals surface area contributed by atoms with Gasteiger partial charge in [0.25, 0.3) is 5.91 Å². The van der Waals surface area contributed by atoms with Gasteiger partial charge in [0.2, 0.25) is 15.7 Å². The zero-order valence-electron chi connectivity index (χ0n) is 18.3. The molecular weight excluding hydrogens is 460 g/mol. The third-order valence-corrected chi connectivity index (χ3v) is 7.15. The van der Waals surface area contributed by atoms with Gasteiger partial charge in [-0.3, -0.25) is 14.5 Å². The molecule has 4 rings (SSSR count). The first-order chi connectivity index (χ1) is 16.3. The number of fused-ring (bicyclic) bond motifs is 2. The van der Waals surface area contributed by atoms with E-state index in [0.29, 0.717) is 11.4 Å². The first-order valence-corrected chi connectivity index (χ1v) is 11.6. The van der Waals surface area contributed by atoms with Crippen molar-refractivity contribution >= 4 is 39.0 Å². The van der Waals surface area contributed by atoms with E-state index in [1.165, 1.54) is 56.7 Å². The lowest BCUT2D eigenvalue weighted by atomic mass is 10.1. The van der Waals surface area contributed by atoms with Crippen LogP contribution < -0.4 is 15.0 Å². The van der Waals surface area contributed by atoms with E-state index in [1.54, 1.807) is 24.3 Å². The van der Waals surface area contributed by atoms with Crippen LogP contribution in [0.1, 0.15) is 20.7 Å². The molecule has 0 spiro atoms. The molecule has 0 unspecified atom stereocenters. The number of carbonyl (C=O) groups is 3. The second-order valence-electron chi connectivity index (χ2n) is 7.34. The molecule has 1 N–H and O–H groups in total. The Morgan fingerprint density at radius 1 is 0.941 bits per heavy atom. The van der Waals surface area contributed by atoms with Crippen molar-refractivity contribution in [1.82, 2.24) is 0 Å². The summed E-state index contributed by atoms with van der Waals surface area (Å²) in [5.41, 5.74) is 0.338. The Hall–Kier alpha value is -4.18. The Morgan fingerprint density at radius 3 is 2.32 bits per heavy atom. The molecular formula is C24H20N2O7S. The number of ether oxygens (including phenoxy) is 2. The van der Waals surface area contributed by atoms with Crippen LogP contribution in [-0.2, 0) is 19.4 Å². The van der Waals surface area contributed by atoms with E-state index >= 15 is 0 Å². The number of rotatable bonds is 5. The largest absolute Gasteiger partial charge is 0.497 e. The highest BCUT2D eigenvalue weighted by atomic mass is 32.2. The van der Waals surface area contributed by atoms with Crippen molar-refractivity contribution in [3.63, 3.8) is 0 Å². The van der Waals surface area contributed by atoms with Gasteiger partial charge in [0, 0.05) is 5.69 Å². The Morgan fingerprint density at radius 2 is 1.65 bits per heavy atom. The normalized spacial score (nSPS) is 13.8. The number of benzene rings is 3. The number of nitrogens with zero attached hydrogens (tertiary/aromatic N) is 1. The van der Waals surface area contributed by atoms with E-state index < -0.39 is 34.2 Å². The number of sulfone groups is 1. The molecule has 3 aromatic rings. The maximum absolute atomic E-state index is 13.5. The lowest BCUT2D eigenvalue weighted by Gasteiger charge is -2.22. The Balaban J connectivity index is 1.79. The van der Waals surface area contributed by atoms with Gasteiger partial charge in [-0.25, -0.2) is 13.2 Å². The average Bonchev–Trinajstić information content (AvgIpc) is 2.92. The molecule has 1 aliphatic heterocycles. The monoisotopic (exact) mass is 480 g/mol. The molecule has 0 bridgehead atoms. The predicted molar refractivity (Wildman–Crippen MR) is 123 cm³/mol. The molecule has 34 heavy (non-hydrogen) atoms. The first-order valence-electron chi connectivity index (χ1n) is 10.1. The number of amides is 2. The molecule has 0 fully saturated rings. The molecule has 10 heteroatoms. The van der Waals surface area contributed by atoms with Crippen LogP contribution in [0.2, 0.25) is 0 Å². The summed E-state index contributed by atoms with van der Waals surface area (Å²) in [6, 6.07) is 16.1. The van der Waals surface area contributed by atoms with Crippen molar-refractivity contribution in [2.45, 2.75) is 9.79 Å². The Labute approximate surface area is 195 Å². The van der Waals surface area contributed by atoms with Crippen molar-refractivity contribution in [1.29, 1.82) is 0 Å². The minimum absolute atomic E-state index is 0.0377. The fourth-order valence-electron chi connectivity index (χ4n) is 3.63. The Kier molecular flexibility index (Phi) is 6.08. The van der Waals surface area contributed by atoms with E-state index in [9.17, 15) is 22.8 Å². The molecule has 1 aliphatic rings. The minimum Gasteiger partial charge on any atom is -0.497 e. The topological polar surface area (TPSA) is 119 Å². The third-order valence-electron chi connectivity index (χ3n) is 5.29. The van der Waals surface area contributed by atoms with E-state index in [-0.39, 0.29) is 26.6 Å². The second-order valence-corrected chi connectivity index (χ2v) is 9.23. The molecule has 3 aromatic carbocycles. The molecule has 0 radical (unpaired) electrons. The smallest absolute Gasteiger partial charge is 0.337 e. The summed E-state index contributed by atoms with van der Waals surface area (Å²) in [7, 11) is -1.41. The molecule has 0 saturated heterocycles.